The molecule has 0 radical (unpaired) electrons. The predicted molar refractivity (Wildman–Crippen MR) is 120 cm³/mol. The molecule has 0 spiro atoms. The zero-order valence-corrected chi connectivity index (χ0v) is 18.7. The highest BCUT2D eigenvalue weighted by molar-refractivity contribution is 6.31. The lowest BCUT2D eigenvalue weighted by molar-refractivity contribution is -0.127. The molecule has 0 bridgehead atoms. The van der Waals surface area contributed by atoms with Gasteiger partial charge in [-0.1, -0.05) is 30.2 Å². The average Bonchev–Trinajstić information content (AvgIpc) is 2.77. The number of rotatable bonds is 8. The first-order chi connectivity index (χ1) is 14.5. The smallest absolute Gasteiger partial charge is 0.260 e. The number of hydrogen-bond donors (Lipinski definition) is 1. The Balaban J connectivity index is 1.64. The minimum atomic E-state index is -0.594. The SMILES string of the molecule is COc1ccc(C(CNC(=O)C(C)Oc2ccc(Cl)c(C)c2)N2CCCCC2)cc1. The normalized spacial score (nSPS) is 16.5. The molecule has 1 fully saturated rings. The Bertz CT molecular complexity index is 835. The molecular formula is C24H31ClN2O3. The average molecular weight is 431 g/mol. The van der Waals surface area contributed by atoms with Crippen LogP contribution in [0.4, 0.5) is 0 Å². The summed E-state index contributed by atoms with van der Waals surface area (Å²) in [5.74, 6) is 1.35. The van der Waals surface area contributed by atoms with Crippen LogP contribution in [0.2, 0.25) is 5.02 Å². The fraction of sp³-hybridized carbons (Fsp3) is 0.458. The van der Waals surface area contributed by atoms with Crippen LogP contribution in [0, 0.1) is 6.92 Å². The van der Waals surface area contributed by atoms with E-state index in [2.05, 4.69) is 22.3 Å². The molecule has 2 atom stereocenters. The Morgan fingerprint density at radius 1 is 1.10 bits per heavy atom. The number of amides is 1. The summed E-state index contributed by atoms with van der Waals surface area (Å²) in [4.78, 5) is 15.2. The van der Waals surface area contributed by atoms with E-state index < -0.39 is 6.10 Å². The summed E-state index contributed by atoms with van der Waals surface area (Å²) in [6.07, 6.45) is 3.05. The Morgan fingerprint density at radius 3 is 2.40 bits per heavy atom. The van der Waals surface area contributed by atoms with Crippen molar-refractivity contribution in [3.63, 3.8) is 0 Å². The Hall–Kier alpha value is -2.24. The van der Waals surface area contributed by atoms with Gasteiger partial charge in [0.1, 0.15) is 11.5 Å². The van der Waals surface area contributed by atoms with E-state index in [9.17, 15) is 4.79 Å². The van der Waals surface area contributed by atoms with Crippen molar-refractivity contribution >= 4 is 17.5 Å². The van der Waals surface area contributed by atoms with E-state index in [-0.39, 0.29) is 11.9 Å². The molecule has 1 saturated heterocycles. The van der Waals surface area contributed by atoms with E-state index in [1.807, 2.05) is 25.1 Å². The molecule has 162 valence electrons. The van der Waals surface area contributed by atoms with Gasteiger partial charge in [0, 0.05) is 11.6 Å². The fourth-order valence-corrected chi connectivity index (χ4v) is 3.92. The lowest BCUT2D eigenvalue weighted by atomic mass is 10.0. The molecule has 1 N–H and O–H groups in total. The Kier molecular flexibility index (Phi) is 8.00. The van der Waals surface area contributed by atoms with Crippen molar-refractivity contribution < 1.29 is 14.3 Å². The first-order valence-electron chi connectivity index (χ1n) is 10.6. The van der Waals surface area contributed by atoms with Crippen molar-refractivity contribution in [1.82, 2.24) is 10.2 Å². The first-order valence-corrected chi connectivity index (χ1v) is 10.9. The maximum atomic E-state index is 12.7. The van der Waals surface area contributed by atoms with Crippen LogP contribution in [0.5, 0.6) is 11.5 Å². The van der Waals surface area contributed by atoms with Gasteiger partial charge in [-0.15, -0.1) is 0 Å². The molecule has 6 heteroatoms. The van der Waals surface area contributed by atoms with Gasteiger partial charge >= 0.3 is 0 Å². The summed E-state index contributed by atoms with van der Waals surface area (Å²) in [7, 11) is 1.67. The number of aryl methyl sites for hydroxylation is 1. The number of hydrogen-bond acceptors (Lipinski definition) is 4. The van der Waals surface area contributed by atoms with Crippen LogP contribution in [0.1, 0.15) is 43.4 Å². The number of ether oxygens (including phenoxy) is 2. The number of methoxy groups -OCH3 is 1. The summed E-state index contributed by atoms with van der Waals surface area (Å²) in [6, 6.07) is 13.7. The molecule has 0 aliphatic carbocycles. The second-order valence-electron chi connectivity index (χ2n) is 7.80. The summed E-state index contributed by atoms with van der Waals surface area (Å²) in [6.45, 7) is 6.31. The number of carbonyl (C=O) groups excluding carboxylic acids is 1. The van der Waals surface area contributed by atoms with Gasteiger partial charge in [-0.2, -0.15) is 0 Å². The van der Waals surface area contributed by atoms with Crippen molar-refractivity contribution in [1.29, 1.82) is 0 Å². The van der Waals surface area contributed by atoms with E-state index in [1.165, 1.54) is 24.8 Å². The first kappa shape index (κ1) is 22.4. The maximum absolute atomic E-state index is 12.7. The van der Waals surface area contributed by atoms with Crippen LogP contribution in [0.25, 0.3) is 0 Å². The molecular weight excluding hydrogens is 400 g/mol. The lowest BCUT2D eigenvalue weighted by Crippen LogP contribution is -2.43. The minimum absolute atomic E-state index is 0.127. The van der Waals surface area contributed by atoms with Crippen molar-refractivity contribution in [2.45, 2.75) is 45.3 Å². The highest BCUT2D eigenvalue weighted by Gasteiger charge is 2.24. The van der Waals surface area contributed by atoms with Gasteiger partial charge in [-0.25, -0.2) is 0 Å². The van der Waals surface area contributed by atoms with Crippen LogP contribution < -0.4 is 14.8 Å². The Morgan fingerprint density at radius 2 is 1.77 bits per heavy atom. The van der Waals surface area contributed by atoms with Gasteiger partial charge in [0.2, 0.25) is 0 Å². The van der Waals surface area contributed by atoms with Crippen LogP contribution in [-0.2, 0) is 4.79 Å². The van der Waals surface area contributed by atoms with Crippen molar-refractivity contribution in [2.75, 3.05) is 26.7 Å². The third-order valence-electron chi connectivity index (χ3n) is 5.61. The minimum Gasteiger partial charge on any atom is -0.497 e. The van der Waals surface area contributed by atoms with Crippen LogP contribution >= 0.6 is 11.6 Å². The summed E-state index contributed by atoms with van der Waals surface area (Å²) >= 11 is 6.07. The van der Waals surface area contributed by atoms with Gasteiger partial charge in [0.25, 0.3) is 5.91 Å². The lowest BCUT2D eigenvalue weighted by Gasteiger charge is -2.35. The third kappa shape index (κ3) is 5.89. The quantitative estimate of drug-likeness (QED) is 0.655. The molecule has 2 aromatic rings. The molecule has 1 amide bonds. The second kappa shape index (κ2) is 10.7. The summed E-state index contributed by atoms with van der Waals surface area (Å²) in [5.41, 5.74) is 2.10. The molecule has 5 nitrogen and oxygen atoms in total. The molecule has 30 heavy (non-hydrogen) atoms. The summed E-state index contributed by atoms with van der Waals surface area (Å²) < 4.78 is 11.1. The number of halogens is 1. The third-order valence-corrected chi connectivity index (χ3v) is 6.04. The molecule has 0 saturated carbocycles. The van der Waals surface area contributed by atoms with Gasteiger partial charge in [0.15, 0.2) is 6.10 Å². The number of nitrogens with one attached hydrogen (secondary N) is 1. The zero-order valence-electron chi connectivity index (χ0n) is 18.0. The number of benzene rings is 2. The largest absolute Gasteiger partial charge is 0.497 e. The molecule has 2 aromatic carbocycles. The molecule has 1 aliphatic rings. The molecule has 1 aliphatic heterocycles. The summed E-state index contributed by atoms with van der Waals surface area (Å²) in [5, 5.41) is 3.77. The number of nitrogens with zero attached hydrogens (tertiary/aromatic N) is 1. The van der Waals surface area contributed by atoms with Crippen LogP contribution in [0.3, 0.4) is 0 Å². The van der Waals surface area contributed by atoms with E-state index >= 15 is 0 Å². The van der Waals surface area contributed by atoms with Crippen LogP contribution in [-0.4, -0.2) is 43.7 Å². The van der Waals surface area contributed by atoms with Gasteiger partial charge in [0.05, 0.1) is 13.2 Å². The molecule has 1 heterocycles. The van der Waals surface area contributed by atoms with Crippen molar-refractivity contribution in [3.8, 4) is 11.5 Å². The van der Waals surface area contributed by atoms with E-state index in [1.54, 1.807) is 26.2 Å². The van der Waals surface area contributed by atoms with E-state index in [0.717, 1.165) is 24.4 Å². The fourth-order valence-electron chi connectivity index (χ4n) is 3.80. The van der Waals surface area contributed by atoms with Crippen molar-refractivity contribution in [2.24, 2.45) is 0 Å². The maximum Gasteiger partial charge on any atom is 0.260 e. The number of likely N-dealkylation sites (tertiary alicyclic amines) is 1. The van der Waals surface area contributed by atoms with Gasteiger partial charge in [-0.05, 0) is 81.2 Å². The second-order valence-corrected chi connectivity index (χ2v) is 8.21. The number of piperidine rings is 1. The molecule has 3 rings (SSSR count). The van der Waals surface area contributed by atoms with Gasteiger partial charge in [-0.3, -0.25) is 9.69 Å². The topological polar surface area (TPSA) is 50.8 Å². The Labute approximate surface area is 184 Å². The molecule has 0 aromatic heterocycles. The van der Waals surface area contributed by atoms with Gasteiger partial charge < -0.3 is 14.8 Å². The number of carbonyl (C=O) groups is 1. The monoisotopic (exact) mass is 430 g/mol. The highest BCUT2D eigenvalue weighted by atomic mass is 35.5. The predicted octanol–water partition coefficient (Wildman–Crippen LogP) is 4.77. The molecule has 2 unspecified atom stereocenters. The van der Waals surface area contributed by atoms with E-state index in [0.29, 0.717) is 17.3 Å². The standard InChI is InChI=1S/C24H31ClN2O3/c1-17-15-21(11-12-22(17)25)30-18(2)24(28)26-16-23(27-13-5-4-6-14-27)19-7-9-20(29-3)10-8-19/h7-12,15,18,23H,4-6,13-14,16H2,1-3H3,(H,26,28). The zero-order chi connectivity index (χ0) is 21.5. The van der Waals surface area contributed by atoms with Crippen molar-refractivity contribution in [3.05, 3.63) is 58.6 Å². The van der Waals surface area contributed by atoms with E-state index in [4.69, 9.17) is 21.1 Å². The highest BCUT2D eigenvalue weighted by Crippen LogP contribution is 2.26. The van der Waals surface area contributed by atoms with Crippen LogP contribution in [0.15, 0.2) is 42.5 Å².